The first-order valence-corrected chi connectivity index (χ1v) is 11.7. The van der Waals surface area contributed by atoms with Gasteiger partial charge in [0.15, 0.2) is 0 Å². The van der Waals surface area contributed by atoms with E-state index in [1.807, 2.05) is 17.2 Å². The number of rotatable bonds is 4. The number of carbonyl (C=O) groups excluding carboxylic acids is 1. The molecule has 0 atom stereocenters. The number of aryl methyl sites for hydroxylation is 1. The highest BCUT2D eigenvalue weighted by Gasteiger charge is 2.19. The quantitative estimate of drug-likeness (QED) is 0.804. The molecular formula is C25H35N5O. The van der Waals surface area contributed by atoms with Crippen LogP contribution in [0, 0.1) is 6.92 Å². The molecule has 6 heteroatoms. The van der Waals surface area contributed by atoms with Gasteiger partial charge in [0.1, 0.15) is 5.82 Å². The molecule has 2 fully saturated rings. The van der Waals surface area contributed by atoms with E-state index in [-0.39, 0.29) is 6.03 Å². The summed E-state index contributed by atoms with van der Waals surface area (Å²) in [6.45, 7) is 8.19. The topological polar surface area (TPSA) is 51.7 Å². The van der Waals surface area contributed by atoms with E-state index in [0.717, 1.165) is 57.1 Å². The molecule has 2 saturated heterocycles. The van der Waals surface area contributed by atoms with Crippen LogP contribution < -0.4 is 15.1 Å². The first-order chi connectivity index (χ1) is 15.2. The number of urea groups is 1. The first-order valence-electron chi connectivity index (χ1n) is 11.7. The molecule has 2 amide bonds. The van der Waals surface area contributed by atoms with Gasteiger partial charge >= 0.3 is 6.03 Å². The standard InChI is InChI=1S/C25H35N5O/c1-21-7-9-23(10-8-21)28-15-6-16-30(18-17-28)25(31)27-20-22-11-12-26-24(19-22)29-13-4-2-3-5-14-29/h7-12,19H,2-6,13-18,20H2,1H3,(H,27,31). The van der Waals surface area contributed by atoms with E-state index in [0.29, 0.717) is 6.54 Å². The Bertz CT molecular complexity index is 845. The summed E-state index contributed by atoms with van der Waals surface area (Å²) in [5, 5.41) is 3.12. The molecule has 4 rings (SSSR count). The Kier molecular flexibility index (Phi) is 7.28. The molecule has 1 N–H and O–H groups in total. The van der Waals surface area contributed by atoms with Crippen molar-refractivity contribution in [2.24, 2.45) is 0 Å². The van der Waals surface area contributed by atoms with Gasteiger partial charge in [-0.3, -0.25) is 0 Å². The van der Waals surface area contributed by atoms with Crippen LogP contribution in [0.15, 0.2) is 42.6 Å². The maximum atomic E-state index is 12.8. The summed E-state index contributed by atoms with van der Waals surface area (Å²) in [6.07, 6.45) is 7.93. The normalized spacial score (nSPS) is 17.8. The lowest BCUT2D eigenvalue weighted by Crippen LogP contribution is -2.41. The number of nitrogens with zero attached hydrogens (tertiary/aromatic N) is 4. The van der Waals surface area contributed by atoms with Crippen LogP contribution in [-0.2, 0) is 6.54 Å². The molecule has 2 aromatic rings. The highest BCUT2D eigenvalue weighted by atomic mass is 16.2. The minimum absolute atomic E-state index is 0.0268. The summed E-state index contributed by atoms with van der Waals surface area (Å²) in [7, 11) is 0. The van der Waals surface area contributed by atoms with Crippen LogP contribution in [0.2, 0.25) is 0 Å². The van der Waals surface area contributed by atoms with E-state index in [1.165, 1.54) is 36.9 Å². The van der Waals surface area contributed by atoms with Crippen molar-refractivity contribution >= 4 is 17.5 Å². The molecule has 0 spiro atoms. The largest absolute Gasteiger partial charge is 0.370 e. The molecule has 2 aliphatic heterocycles. The van der Waals surface area contributed by atoms with E-state index in [1.54, 1.807) is 0 Å². The van der Waals surface area contributed by atoms with Crippen molar-refractivity contribution < 1.29 is 4.79 Å². The third-order valence-electron chi connectivity index (χ3n) is 6.37. The Morgan fingerprint density at radius 3 is 2.39 bits per heavy atom. The van der Waals surface area contributed by atoms with E-state index in [2.05, 4.69) is 57.4 Å². The Morgan fingerprint density at radius 2 is 1.61 bits per heavy atom. The number of hydrogen-bond acceptors (Lipinski definition) is 4. The number of amides is 2. The van der Waals surface area contributed by atoms with Gasteiger partial charge in [-0.25, -0.2) is 9.78 Å². The van der Waals surface area contributed by atoms with Crippen molar-refractivity contribution in [3.63, 3.8) is 0 Å². The van der Waals surface area contributed by atoms with Crippen LogP contribution in [-0.4, -0.2) is 55.2 Å². The number of hydrogen-bond donors (Lipinski definition) is 1. The van der Waals surface area contributed by atoms with E-state index >= 15 is 0 Å². The lowest BCUT2D eigenvalue weighted by molar-refractivity contribution is 0.201. The smallest absolute Gasteiger partial charge is 0.317 e. The molecule has 0 saturated carbocycles. The van der Waals surface area contributed by atoms with Crippen molar-refractivity contribution in [3.05, 3.63) is 53.7 Å². The van der Waals surface area contributed by atoms with Gasteiger partial charge in [0.25, 0.3) is 0 Å². The summed E-state index contributed by atoms with van der Waals surface area (Å²) in [4.78, 5) is 24.1. The molecular weight excluding hydrogens is 386 g/mol. The van der Waals surface area contributed by atoms with Crippen LogP contribution in [0.5, 0.6) is 0 Å². The zero-order valence-corrected chi connectivity index (χ0v) is 18.7. The minimum Gasteiger partial charge on any atom is -0.370 e. The Labute approximate surface area is 186 Å². The molecule has 0 radical (unpaired) electrons. The first kappa shape index (κ1) is 21.5. The average Bonchev–Trinajstić information content (AvgIpc) is 3.22. The Balaban J connectivity index is 1.29. The number of nitrogens with one attached hydrogen (secondary N) is 1. The van der Waals surface area contributed by atoms with Gasteiger partial charge in [-0.2, -0.15) is 0 Å². The van der Waals surface area contributed by atoms with Crippen LogP contribution in [0.4, 0.5) is 16.3 Å². The van der Waals surface area contributed by atoms with Gasteiger partial charge in [0.2, 0.25) is 0 Å². The van der Waals surface area contributed by atoms with E-state index in [4.69, 9.17) is 0 Å². The summed E-state index contributed by atoms with van der Waals surface area (Å²) >= 11 is 0. The van der Waals surface area contributed by atoms with Gasteiger partial charge in [-0.05, 0) is 56.0 Å². The van der Waals surface area contributed by atoms with E-state index in [9.17, 15) is 4.79 Å². The van der Waals surface area contributed by atoms with Crippen LogP contribution in [0.3, 0.4) is 0 Å². The number of aromatic nitrogens is 1. The summed E-state index contributed by atoms with van der Waals surface area (Å²) in [6, 6.07) is 12.8. The van der Waals surface area contributed by atoms with Gasteiger partial charge in [0.05, 0.1) is 0 Å². The lowest BCUT2D eigenvalue weighted by atomic mass is 10.2. The predicted octanol–water partition coefficient (Wildman–Crippen LogP) is 4.19. The molecule has 0 unspecified atom stereocenters. The minimum atomic E-state index is 0.0268. The molecule has 166 valence electrons. The molecule has 0 bridgehead atoms. The average molecular weight is 422 g/mol. The summed E-state index contributed by atoms with van der Waals surface area (Å²) < 4.78 is 0. The molecule has 1 aromatic heterocycles. The Hall–Kier alpha value is -2.76. The number of pyridine rings is 1. The van der Waals surface area contributed by atoms with Crippen molar-refractivity contribution in [1.29, 1.82) is 0 Å². The van der Waals surface area contributed by atoms with Crippen molar-refractivity contribution in [2.75, 3.05) is 49.1 Å². The van der Waals surface area contributed by atoms with Crippen LogP contribution in [0.1, 0.15) is 43.2 Å². The van der Waals surface area contributed by atoms with Crippen LogP contribution in [0.25, 0.3) is 0 Å². The molecule has 2 aliphatic rings. The third-order valence-corrected chi connectivity index (χ3v) is 6.37. The fourth-order valence-electron chi connectivity index (χ4n) is 4.47. The fraction of sp³-hybridized carbons (Fsp3) is 0.520. The summed E-state index contributed by atoms with van der Waals surface area (Å²) in [5.41, 5.74) is 3.62. The van der Waals surface area contributed by atoms with Crippen molar-refractivity contribution in [2.45, 2.75) is 45.6 Å². The fourth-order valence-corrected chi connectivity index (χ4v) is 4.47. The maximum Gasteiger partial charge on any atom is 0.317 e. The molecule has 0 aliphatic carbocycles. The maximum absolute atomic E-state index is 12.8. The number of anilines is 2. The van der Waals surface area contributed by atoms with E-state index < -0.39 is 0 Å². The number of benzene rings is 1. The highest BCUT2D eigenvalue weighted by molar-refractivity contribution is 5.74. The van der Waals surface area contributed by atoms with Crippen LogP contribution >= 0.6 is 0 Å². The van der Waals surface area contributed by atoms with Gasteiger partial charge in [-0.15, -0.1) is 0 Å². The highest BCUT2D eigenvalue weighted by Crippen LogP contribution is 2.19. The van der Waals surface area contributed by atoms with Crippen molar-refractivity contribution in [3.8, 4) is 0 Å². The number of carbonyl (C=O) groups is 1. The molecule has 31 heavy (non-hydrogen) atoms. The zero-order valence-electron chi connectivity index (χ0n) is 18.7. The van der Waals surface area contributed by atoms with Gasteiger partial charge in [0, 0.05) is 57.7 Å². The second-order valence-electron chi connectivity index (χ2n) is 8.75. The van der Waals surface area contributed by atoms with Gasteiger partial charge < -0.3 is 20.0 Å². The predicted molar refractivity (Wildman–Crippen MR) is 127 cm³/mol. The van der Waals surface area contributed by atoms with Crippen molar-refractivity contribution in [1.82, 2.24) is 15.2 Å². The second kappa shape index (κ2) is 10.5. The van der Waals surface area contributed by atoms with Gasteiger partial charge in [-0.1, -0.05) is 30.5 Å². The lowest BCUT2D eigenvalue weighted by Gasteiger charge is -2.24. The second-order valence-corrected chi connectivity index (χ2v) is 8.75. The monoisotopic (exact) mass is 421 g/mol. The molecule has 6 nitrogen and oxygen atoms in total. The zero-order chi connectivity index (χ0) is 21.5. The molecule has 1 aromatic carbocycles. The molecule has 3 heterocycles. The third kappa shape index (κ3) is 5.90. The summed E-state index contributed by atoms with van der Waals surface area (Å²) in [5.74, 6) is 1.04. The SMILES string of the molecule is Cc1ccc(N2CCCN(C(=O)NCc3ccnc(N4CCCCCC4)c3)CC2)cc1. The Morgan fingerprint density at radius 1 is 0.871 bits per heavy atom.